The van der Waals surface area contributed by atoms with Crippen molar-refractivity contribution in [2.75, 3.05) is 13.1 Å². The minimum absolute atomic E-state index is 0.0571. The summed E-state index contributed by atoms with van der Waals surface area (Å²) in [4.78, 5) is 39.8. The second kappa shape index (κ2) is 6.23. The molecule has 0 aliphatic carbocycles. The Kier molecular flexibility index (Phi) is 4.67. The van der Waals surface area contributed by atoms with E-state index in [1.807, 2.05) is 0 Å². The number of imidazole rings is 1. The third kappa shape index (κ3) is 4.51. The number of rotatable bonds is 6. The highest BCUT2D eigenvalue weighted by Gasteiger charge is 2.19. The van der Waals surface area contributed by atoms with E-state index in [1.54, 1.807) is 6.20 Å². The first-order chi connectivity index (χ1) is 8.49. The number of aromatic nitrogens is 2. The second-order valence-electron chi connectivity index (χ2n) is 3.34. The number of hydrogen-bond donors (Lipinski definition) is 4. The molecule has 9 heteroatoms. The van der Waals surface area contributed by atoms with Gasteiger partial charge in [0.1, 0.15) is 18.9 Å². The van der Waals surface area contributed by atoms with E-state index in [1.165, 1.54) is 6.20 Å². The third-order valence-electron chi connectivity index (χ3n) is 1.90. The van der Waals surface area contributed by atoms with Crippen molar-refractivity contribution in [3.8, 4) is 0 Å². The monoisotopic (exact) mass is 256 g/mol. The summed E-state index contributed by atoms with van der Waals surface area (Å²) in [7, 11) is 0. The molecular formula is C9H12N4O5. The van der Waals surface area contributed by atoms with Crippen molar-refractivity contribution in [3.05, 3.63) is 18.2 Å². The minimum atomic E-state index is -1.29. The molecule has 18 heavy (non-hydrogen) atoms. The maximum Gasteiger partial charge on any atom is 0.323 e. The van der Waals surface area contributed by atoms with Gasteiger partial charge in [0, 0.05) is 12.4 Å². The van der Waals surface area contributed by atoms with Crippen LogP contribution in [0.3, 0.4) is 0 Å². The van der Waals surface area contributed by atoms with Crippen LogP contribution in [-0.2, 0) is 16.1 Å². The lowest BCUT2D eigenvalue weighted by Gasteiger charge is -2.18. The van der Waals surface area contributed by atoms with Crippen LogP contribution in [0.25, 0.3) is 0 Å². The predicted molar refractivity (Wildman–Crippen MR) is 57.7 cm³/mol. The van der Waals surface area contributed by atoms with E-state index in [4.69, 9.17) is 10.2 Å². The average molecular weight is 256 g/mol. The number of hydrogen-bond acceptors (Lipinski definition) is 4. The standard InChI is InChI=1S/C9H12N4O5/c14-7(15)4-13(5-8(16)17)9(18)12-3-6-10-1-2-11-6/h1-2H,3-5H2,(H,10,11)(H,12,18)(H,14,15)(H,16,17). The van der Waals surface area contributed by atoms with Gasteiger partial charge < -0.3 is 25.4 Å². The Morgan fingerprint density at radius 2 is 1.89 bits per heavy atom. The van der Waals surface area contributed by atoms with Gasteiger partial charge in [-0.15, -0.1) is 0 Å². The summed E-state index contributed by atoms with van der Waals surface area (Å²) < 4.78 is 0. The molecule has 0 spiro atoms. The highest BCUT2D eigenvalue weighted by molar-refractivity contribution is 5.83. The van der Waals surface area contributed by atoms with Gasteiger partial charge in [-0.05, 0) is 0 Å². The van der Waals surface area contributed by atoms with Crippen LogP contribution in [0.5, 0.6) is 0 Å². The average Bonchev–Trinajstić information content (AvgIpc) is 2.76. The van der Waals surface area contributed by atoms with Crippen molar-refractivity contribution in [1.29, 1.82) is 0 Å². The maximum atomic E-state index is 11.6. The van der Waals surface area contributed by atoms with Crippen LogP contribution in [0.2, 0.25) is 0 Å². The van der Waals surface area contributed by atoms with Crippen molar-refractivity contribution >= 4 is 18.0 Å². The molecule has 0 bridgehead atoms. The Morgan fingerprint density at radius 1 is 1.28 bits per heavy atom. The molecule has 1 aromatic heterocycles. The SMILES string of the molecule is O=C(O)CN(CC(=O)O)C(=O)NCc1ncc[nH]1. The van der Waals surface area contributed by atoms with Crippen LogP contribution < -0.4 is 5.32 Å². The Hall–Kier alpha value is -2.58. The molecule has 2 amide bonds. The fraction of sp³-hybridized carbons (Fsp3) is 0.333. The predicted octanol–water partition coefficient (Wildman–Crippen LogP) is -0.909. The minimum Gasteiger partial charge on any atom is -0.480 e. The number of nitrogens with zero attached hydrogens (tertiary/aromatic N) is 2. The topological polar surface area (TPSA) is 136 Å². The lowest BCUT2D eigenvalue weighted by Crippen LogP contribution is -2.45. The van der Waals surface area contributed by atoms with Gasteiger partial charge in [-0.2, -0.15) is 0 Å². The summed E-state index contributed by atoms with van der Waals surface area (Å²) >= 11 is 0. The normalized spacial score (nSPS) is 9.78. The van der Waals surface area contributed by atoms with E-state index in [9.17, 15) is 14.4 Å². The number of amides is 2. The van der Waals surface area contributed by atoms with Crippen LogP contribution in [-0.4, -0.2) is 56.1 Å². The number of nitrogens with one attached hydrogen (secondary N) is 2. The first-order valence-corrected chi connectivity index (χ1v) is 4.93. The Balaban J connectivity index is 2.52. The van der Waals surface area contributed by atoms with E-state index < -0.39 is 31.1 Å². The van der Waals surface area contributed by atoms with Gasteiger partial charge in [0.15, 0.2) is 0 Å². The molecule has 9 nitrogen and oxygen atoms in total. The molecule has 1 aromatic rings. The van der Waals surface area contributed by atoms with Gasteiger partial charge in [0.2, 0.25) is 0 Å². The number of aliphatic carboxylic acids is 2. The van der Waals surface area contributed by atoms with E-state index >= 15 is 0 Å². The molecule has 1 rings (SSSR count). The summed E-state index contributed by atoms with van der Waals surface area (Å²) in [6, 6.07) is -0.781. The Bertz CT molecular complexity index is 414. The van der Waals surface area contributed by atoms with Crippen LogP contribution in [0.1, 0.15) is 5.82 Å². The molecule has 0 aliphatic rings. The summed E-state index contributed by atoms with van der Waals surface area (Å²) in [5, 5.41) is 19.5. The van der Waals surface area contributed by atoms with Crippen molar-refractivity contribution in [2.24, 2.45) is 0 Å². The smallest absolute Gasteiger partial charge is 0.323 e. The quantitative estimate of drug-likeness (QED) is 0.520. The number of carboxylic acid groups (broad SMARTS) is 2. The molecule has 0 unspecified atom stereocenters. The molecule has 1 heterocycles. The summed E-state index contributed by atoms with van der Waals surface area (Å²) in [5.41, 5.74) is 0. The fourth-order valence-corrected chi connectivity index (χ4v) is 1.19. The zero-order valence-corrected chi connectivity index (χ0v) is 9.29. The summed E-state index contributed by atoms with van der Waals surface area (Å²) in [6.45, 7) is -1.31. The van der Waals surface area contributed by atoms with E-state index in [0.717, 1.165) is 0 Å². The highest BCUT2D eigenvalue weighted by Crippen LogP contribution is 1.93. The highest BCUT2D eigenvalue weighted by atomic mass is 16.4. The fourth-order valence-electron chi connectivity index (χ4n) is 1.19. The first-order valence-electron chi connectivity index (χ1n) is 4.93. The van der Waals surface area contributed by atoms with Gasteiger partial charge in [-0.25, -0.2) is 9.78 Å². The Morgan fingerprint density at radius 3 is 2.33 bits per heavy atom. The van der Waals surface area contributed by atoms with Gasteiger partial charge in [-0.1, -0.05) is 0 Å². The lowest BCUT2D eigenvalue weighted by atomic mass is 10.5. The van der Waals surface area contributed by atoms with Gasteiger partial charge >= 0.3 is 18.0 Å². The summed E-state index contributed by atoms with van der Waals surface area (Å²) in [6.07, 6.45) is 3.06. The van der Waals surface area contributed by atoms with E-state index in [-0.39, 0.29) is 6.54 Å². The van der Waals surface area contributed by atoms with E-state index in [0.29, 0.717) is 10.7 Å². The Labute approximate surface area is 101 Å². The maximum absolute atomic E-state index is 11.6. The van der Waals surface area contributed by atoms with Crippen LogP contribution >= 0.6 is 0 Å². The zero-order valence-electron chi connectivity index (χ0n) is 9.29. The number of carbonyl (C=O) groups is 3. The molecule has 0 aliphatic heterocycles. The van der Waals surface area contributed by atoms with Gasteiger partial charge in [-0.3, -0.25) is 9.59 Å². The molecule has 4 N–H and O–H groups in total. The van der Waals surface area contributed by atoms with Crippen molar-refractivity contribution < 1.29 is 24.6 Å². The van der Waals surface area contributed by atoms with Gasteiger partial charge in [0.25, 0.3) is 0 Å². The van der Waals surface area contributed by atoms with Crippen LogP contribution in [0, 0.1) is 0 Å². The van der Waals surface area contributed by atoms with Crippen molar-refractivity contribution in [3.63, 3.8) is 0 Å². The molecule has 0 aromatic carbocycles. The summed E-state index contributed by atoms with van der Waals surface area (Å²) in [5.74, 6) is -2.09. The van der Waals surface area contributed by atoms with Crippen LogP contribution in [0.4, 0.5) is 4.79 Å². The molecule has 98 valence electrons. The first kappa shape index (κ1) is 13.5. The van der Waals surface area contributed by atoms with Crippen molar-refractivity contribution in [2.45, 2.75) is 6.54 Å². The second-order valence-corrected chi connectivity index (χ2v) is 3.34. The number of urea groups is 1. The molecule has 0 radical (unpaired) electrons. The van der Waals surface area contributed by atoms with E-state index in [2.05, 4.69) is 15.3 Å². The number of aromatic amines is 1. The molecule has 0 saturated carbocycles. The molecule has 0 atom stereocenters. The number of carboxylic acids is 2. The number of carbonyl (C=O) groups excluding carboxylic acids is 1. The number of H-pyrrole nitrogens is 1. The molecule has 0 fully saturated rings. The molecular weight excluding hydrogens is 244 g/mol. The largest absolute Gasteiger partial charge is 0.480 e. The van der Waals surface area contributed by atoms with Crippen molar-refractivity contribution in [1.82, 2.24) is 20.2 Å². The third-order valence-corrected chi connectivity index (χ3v) is 1.90. The lowest BCUT2D eigenvalue weighted by molar-refractivity contribution is -0.140. The van der Waals surface area contributed by atoms with Gasteiger partial charge in [0.05, 0.1) is 6.54 Å². The zero-order chi connectivity index (χ0) is 13.5. The molecule has 0 saturated heterocycles. The van der Waals surface area contributed by atoms with Crippen LogP contribution in [0.15, 0.2) is 12.4 Å².